The summed E-state index contributed by atoms with van der Waals surface area (Å²) < 4.78 is 35.2. The van der Waals surface area contributed by atoms with Crippen LogP contribution in [0.1, 0.15) is 11.1 Å². The molecule has 0 aromatic heterocycles. The van der Waals surface area contributed by atoms with Gasteiger partial charge in [-0.1, -0.05) is 12.6 Å². The van der Waals surface area contributed by atoms with E-state index >= 15 is 0 Å². The van der Waals surface area contributed by atoms with Crippen LogP contribution < -0.4 is 14.8 Å². The van der Waals surface area contributed by atoms with Crippen molar-refractivity contribution in [1.82, 2.24) is 0 Å². The summed E-state index contributed by atoms with van der Waals surface area (Å²) in [6.45, 7) is 3.58. The fourth-order valence-electron chi connectivity index (χ4n) is 2.45. The van der Waals surface area contributed by atoms with Crippen molar-refractivity contribution >= 4 is 21.6 Å². The van der Waals surface area contributed by atoms with Crippen molar-refractivity contribution in [2.24, 2.45) is 0 Å². The van der Waals surface area contributed by atoms with E-state index in [1.165, 1.54) is 32.6 Å². The van der Waals surface area contributed by atoms with Gasteiger partial charge in [-0.25, -0.2) is 8.42 Å². The van der Waals surface area contributed by atoms with Gasteiger partial charge in [0.1, 0.15) is 23.0 Å². The van der Waals surface area contributed by atoms with Crippen LogP contribution in [0.3, 0.4) is 0 Å². The van der Waals surface area contributed by atoms with Gasteiger partial charge in [-0.2, -0.15) is 0 Å². The zero-order valence-corrected chi connectivity index (χ0v) is 15.8. The number of hydrogen-bond donors (Lipinski definition) is 3. The Kier molecular flexibility index (Phi) is 6.36. The molecule has 7 nitrogen and oxygen atoms in total. The van der Waals surface area contributed by atoms with E-state index in [1.54, 1.807) is 18.2 Å². The predicted molar refractivity (Wildman–Crippen MR) is 105 cm³/mol. The van der Waals surface area contributed by atoms with Gasteiger partial charge in [-0.05, 0) is 30.0 Å². The molecule has 2 rings (SSSR count). The number of benzene rings is 2. The summed E-state index contributed by atoms with van der Waals surface area (Å²) in [5.41, 5.74) is 1.30. The lowest BCUT2D eigenvalue weighted by molar-refractivity contribution is 0.396. The maximum absolute atomic E-state index is 12.4. The summed E-state index contributed by atoms with van der Waals surface area (Å²) in [4.78, 5) is 0. The molecular weight excluding hydrogens is 370 g/mol. The first-order chi connectivity index (χ1) is 12.8. The SMILES string of the molecule is C=CNc1cc(CS(=O)(=O)/C=C/c2c(O)cc(O)cc2OC)ccc1OC. The Balaban J connectivity index is 2.29. The zero-order valence-electron chi connectivity index (χ0n) is 15.0. The average molecular weight is 391 g/mol. The molecule has 144 valence electrons. The quantitative estimate of drug-likeness (QED) is 0.634. The lowest BCUT2D eigenvalue weighted by Crippen LogP contribution is -2.02. The molecular formula is C19H21NO6S. The van der Waals surface area contributed by atoms with Gasteiger partial charge in [-0.15, -0.1) is 0 Å². The van der Waals surface area contributed by atoms with Gasteiger partial charge in [0, 0.05) is 17.5 Å². The first-order valence-corrected chi connectivity index (χ1v) is 9.56. The van der Waals surface area contributed by atoms with Crippen molar-refractivity contribution in [2.45, 2.75) is 5.75 Å². The topological polar surface area (TPSA) is 105 Å². The molecule has 0 saturated carbocycles. The van der Waals surface area contributed by atoms with Crippen LogP contribution in [0.2, 0.25) is 0 Å². The van der Waals surface area contributed by atoms with E-state index in [0.717, 1.165) is 11.5 Å². The lowest BCUT2D eigenvalue weighted by Gasteiger charge is -2.10. The highest BCUT2D eigenvalue weighted by Gasteiger charge is 2.13. The third-order valence-electron chi connectivity index (χ3n) is 3.66. The maximum Gasteiger partial charge on any atom is 0.175 e. The zero-order chi connectivity index (χ0) is 20.0. The van der Waals surface area contributed by atoms with Crippen LogP contribution in [0.25, 0.3) is 6.08 Å². The Morgan fingerprint density at radius 2 is 1.81 bits per heavy atom. The van der Waals surface area contributed by atoms with Gasteiger partial charge in [0.2, 0.25) is 0 Å². The molecule has 0 bridgehead atoms. The first-order valence-electron chi connectivity index (χ1n) is 7.84. The van der Waals surface area contributed by atoms with E-state index in [-0.39, 0.29) is 28.6 Å². The van der Waals surface area contributed by atoms with Gasteiger partial charge in [-0.3, -0.25) is 0 Å². The molecule has 0 spiro atoms. The van der Waals surface area contributed by atoms with E-state index in [0.29, 0.717) is 17.0 Å². The molecule has 2 aromatic carbocycles. The van der Waals surface area contributed by atoms with Gasteiger partial charge in [0.25, 0.3) is 0 Å². The van der Waals surface area contributed by atoms with Gasteiger partial charge in [0.15, 0.2) is 9.84 Å². The van der Waals surface area contributed by atoms with Crippen LogP contribution in [0.15, 0.2) is 48.5 Å². The fraction of sp³-hybridized carbons (Fsp3) is 0.158. The third-order valence-corrected chi connectivity index (χ3v) is 4.94. The first kappa shape index (κ1) is 20.2. The number of nitrogens with one attached hydrogen (secondary N) is 1. The summed E-state index contributed by atoms with van der Waals surface area (Å²) in [6.07, 6.45) is 2.70. The Labute approximate surface area is 158 Å². The molecule has 27 heavy (non-hydrogen) atoms. The molecule has 0 fully saturated rings. The molecule has 0 aliphatic rings. The maximum atomic E-state index is 12.4. The number of hydrogen-bond acceptors (Lipinski definition) is 7. The van der Waals surface area contributed by atoms with Crippen molar-refractivity contribution in [2.75, 3.05) is 19.5 Å². The lowest BCUT2D eigenvalue weighted by atomic mass is 10.1. The predicted octanol–water partition coefficient (Wildman–Crippen LogP) is 3.26. The normalized spacial score (nSPS) is 11.3. The highest BCUT2D eigenvalue weighted by atomic mass is 32.2. The molecule has 3 N–H and O–H groups in total. The smallest absolute Gasteiger partial charge is 0.175 e. The van der Waals surface area contributed by atoms with Crippen LogP contribution in [0.5, 0.6) is 23.0 Å². The van der Waals surface area contributed by atoms with E-state index in [2.05, 4.69) is 11.9 Å². The molecule has 0 atom stereocenters. The molecule has 0 heterocycles. The van der Waals surface area contributed by atoms with E-state index in [1.807, 2.05) is 0 Å². The largest absolute Gasteiger partial charge is 0.508 e. The molecule has 0 aliphatic heterocycles. The average Bonchev–Trinajstić information content (AvgIpc) is 2.60. The van der Waals surface area contributed by atoms with Crippen molar-refractivity contribution < 1.29 is 28.1 Å². The number of rotatable bonds is 8. The second-order valence-electron chi connectivity index (χ2n) is 5.57. The summed E-state index contributed by atoms with van der Waals surface area (Å²) in [7, 11) is -0.773. The van der Waals surface area contributed by atoms with Gasteiger partial charge < -0.3 is 25.0 Å². The Hall–Kier alpha value is -3.13. The van der Waals surface area contributed by atoms with E-state index in [4.69, 9.17) is 9.47 Å². The van der Waals surface area contributed by atoms with Crippen LogP contribution in [0, 0.1) is 0 Å². The van der Waals surface area contributed by atoms with Crippen molar-refractivity contribution in [3.05, 3.63) is 59.6 Å². The minimum atomic E-state index is -3.64. The van der Waals surface area contributed by atoms with Crippen LogP contribution in [-0.2, 0) is 15.6 Å². The third kappa shape index (κ3) is 5.18. The number of anilines is 1. The standard InChI is InChI=1S/C19H21NO6S/c1-4-20-16-9-13(5-6-18(16)25-2)12-27(23,24)8-7-15-17(22)10-14(21)11-19(15)26-3/h4-11,20-22H,1,12H2,2-3H3/b8-7+. The summed E-state index contributed by atoms with van der Waals surface area (Å²) in [6, 6.07) is 7.35. The van der Waals surface area contributed by atoms with Crippen LogP contribution in [0.4, 0.5) is 5.69 Å². The molecule has 0 radical (unpaired) electrons. The van der Waals surface area contributed by atoms with Crippen molar-refractivity contribution in [3.8, 4) is 23.0 Å². The number of phenolic OH excluding ortho intramolecular Hbond substituents is 2. The number of ether oxygens (including phenoxy) is 2. The van der Waals surface area contributed by atoms with Gasteiger partial charge in [0.05, 0.1) is 31.2 Å². The highest BCUT2D eigenvalue weighted by molar-refractivity contribution is 7.93. The highest BCUT2D eigenvalue weighted by Crippen LogP contribution is 2.34. The molecule has 0 amide bonds. The molecule has 0 saturated heterocycles. The monoisotopic (exact) mass is 391 g/mol. The van der Waals surface area contributed by atoms with E-state index < -0.39 is 9.84 Å². The summed E-state index contributed by atoms with van der Waals surface area (Å²) >= 11 is 0. The Morgan fingerprint density at radius 1 is 1.11 bits per heavy atom. The summed E-state index contributed by atoms with van der Waals surface area (Å²) in [5, 5.41) is 23.3. The molecule has 8 heteroatoms. The second-order valence-corrected chi connectivity index (χ2v) is 7.46. The van der Waals surface area contributed by atoms with Crippen molar-refractivity contribution in [1.29, 1.82) is 0 Å². The Bertz CT molecular complexity index is 966. The molecule has 0 aliphatic carbocycles. The minimum Gasteiger partial charge on any atom is -0.508 e. The number of aromatic hydroxyl groups is 2. The molecule has 0 unspecified atom stereocenters. The van der Waals surface area contributed by atoms with Gasteiger partial charge >= 0.3 is 0 Å². The second kappa shape index (κ2) is 8.50. The molecule has 2 aromatic rings. The minimum absolute atomic E-state index is 0.154. The van der Waals surface area contributed by atoms with E-state index in [9.17, 15) is 18.6 Å². The fourth-order valence-corrected chi connectivity index (χ4v) is 3.54. The van der Waals surface area contributed by atoms with Crippen LogP contribution in [-0.4, -0.2) is 32.9 Å². The number of methoxy groups -OCH3 is 2. The Morgan fingerprint density at radius 3 is 2.44 bits per heavy atom. The summed E-state index contributed by atoms with van der Waals surface area (Å²) in [5.74, 6) is -0.0169. The van der Waals surface area contributed by atoms with Crippen molar-refractivity contribution in [3.63, 3.8) is 0 Å². The van der Waals surface area contributed by atoms with Crippen LogP contribution >= 0.6 is 0 Å². The number of phenols is 2. The number of sulfone groups is 1.